The van der Waals surface area contributed by atoms with Crippen molar-refractivity contribution in [2.75, 3.05) is 0 Å². The lowest BCUT2D eigenvalue weighted by Gasteiger charge is -2.20. The number of rotatable bonds is 4. The van der Waals surface area contributed by atoms with Crippen molar-refractivity contribution in [3.05, 3.63) is 34.6 Å². The second kappa shape index (κ2) is 4.85. The summed E-state index contributed by atoms with van der Waals surface area (Å²) in [6.07, 6.45) is 0. The Kier molecular flexibility index (Phi) is 4.02. The van der Waals surface area contributed by atoms with Gasteiger partial charge in [-0.3, -0.25) is 4.79 Å². The van der Waals surface area contributed by atoms with Crippen LogP contribution in [0.3, 0.4) is 0 Å². The van der Waals surface area contributed by atoms with E-state index in [1.807, 2.05) is 0 Å². The van der Waals surface area contributed by atoms with E-state index in [9.17, 15) is 17.6 Å². The minimum Gasteiger partial charge on any atom is -0.480 e. The smallest absolute Gasteiger partial charge is 0.324 e. The van der Waals surface area contributed by atoms with Gasteiger partial charge in [-0.25, -0.2) is 12.8 Å². The molecule has 1 aromatic rings. The van der Waals surface area contributed by atoms with Gasteiger partial charge in [0.05, 0.1) is 5.75 Å². The average molecular weight is 295 g/mol. The monoisotopic (exact) mass is 294 g/mol. The van der Waals surface area contributed by atoms with E-state index in [4.69, 9.17) is 16.7 Å². The molecule has 0 aromatic heterocycles. The molecule has 0 atom stereocenters. The van der Waals surface area contributed by atoms with E-state index in [-0.39, 0.29) is 10.6 Å². The van der Waals surface area contributed by atoms with E-state index >= 15 is 0 Å². The Morgan fingerprint density at radius 3 is 2.44 bits per heavy atom. The molecule has 0 unspecified atom stereocenters. The highest BCUT2D eigenvalue weighted by Gasteiger charge is 2.42. The normalized spacial score (nSPS) is 12.4. The highest BCUT2D eigenvalue weighted by Crippen LogP contribution is 2.27. The molecule has 0 aliphatic rings. The van der Waals surface area contributed by atoms with Crippen LogP contribution in [0.4, 0.5) is 4.39 Å². The molecule has 1 N–H and O–H groups in total. The lowest BCUT2D eigenvalue weighted by atomic mass is 10.2. The summed E-state index contributed by atoms with van der Waals surface area (Å²) in [5.41, 5.74) is -0.214. The quantitative estimate of drug-likeness (QED) is 0.924. The van der Waals surface area contributed by atoms with Crippen LogP contribution in [-0.4, -0.2) is 24.2 Å². The molecule has 0 heterocycles. The van der Waals surface area contributed by atoms with Gasteiger partial charge in [0.15, 0.2) is 14.6 Å². The first-order chi connectivity index (χ1) is 8.09. The van der Waals surface area contributed by atoms with Gasteiger partial charge in [0.2, 0.25) is 0 Å². The number of carboxylic acids is 1. The number of hydrogen-bond donors (Lipinski definition) is 1. The predicted molar refractivity (Wildman–Crippen MR) is 65.7 cm³/mol. The molecule has 0 aliphatic carbocycles. The van der Waals surface area contributed by atoms with Crippen molar-refractivity contribution in [2.45, 2.75) is 24.3 Å². The number of aliphatic carboxylic acids is 1. The van der Waals surface area contributed by atoms with Crippen LogP contribution in [-0.2, 0) is 20.4 Å². The zero-order valence-electron chi connectivity index (χ0n) is 9.78. The Balaban J connectivity index is 3.23. The second-order valence-electron chi connectivity index (χ2n) is 4.27. The van der Waals surface area contributed by atoms with Crippen molar-refractivity contribution in [1.82, 2.24) is 0 Å². The largest absolute Gasteiger partial charge is 0.480 e. The zero-order chi connectivity index (χ0) is 14.1. The number of benzene rings is 1. The molecular formula is C11H12ClFO4S. The van der Waals surface area contributed by atoms with Crippen molar-refractivity contribution in [3.63, 3.8) is 0 Å². The van der Waals surface area contributed by atoms with Gasteiger partial charge >= 0.3 is 5.97 Å². The summed E-state index contributed by atoms with van der Waals surface area (Å²) in [6, 6.07) is 3.77. The van der Waals surface area contributed by atoms with E-state index in [1.165, 1.54) is 12.1 Å². The third-order valence-electron chi connectivity index (χ3n) is 2.69. The Morgan fingerprint density at radius 2 is 2.00 bits per heavy atom. The van der Waals surface area contributed by atoms with Gasteiger partial charge in [0, 0.05) is 10.6 Å². The van der Waals surface area contributed by atoms with Gasteiger partial charge < -0.3 is 5.11 Å². The zero-order valence-corrected chi connectivity index (χ0v) is 11.3. The number of halogens is 2. The third kappa shape index (κ3) is 2.64. The summed E-state index contributed by atoms with van der Waals surface area (Å²) >= 11 is 5.71. The molecule has 0 saturated carbocycles. The molecule has 1 aromatic carbocycles. The standard InChI is InChI=1S/C11H12ClFO4S/c1-11(2,10(14)15)18(16,17)6-7-8(12)4-3-5-9(7)13/h3-5H,6H2,1-2H3,(H,14,15). The van der Waals surface area contributed by atoms with Crippen molar-refractivity contribution in [2.24, 2.45) is 0 Å². The Morgan fingerprint density at radius 1 is 1.44 bits per heavy atom. The lowest BCUT2D eigenvalue weighted by Crippen LogP contribution is -2.41. The maximum Gasteiger partial charge on any atom is 0.324 e. The predicted octanol–water partition coefficient (Wildman–Crippen LogP) is 2.26. The maximum atomic E-state index is 13.5. The van der Waals surface area contributed by atoms with Crippen molar-refractivity contribution < 1.29 is 22.7 Å². The minimum absolute atomic E-state index is 0.0419. The molecular weight excluding hydrogens is 283 g/mol. The Hall–Kier alpha value is -1.14. The van der Waals surface area contributed by atoms with E-state index in [2.05, 4.69) is 0 Å². The van der Waals surface area contributed by atoms with Crippen LogP contribution in [0, 0.1) is 5.82 Å². The van der Waals surface area contributed by atoms with Gasteiger partial charge in [-0.05, 0) is 26.0 Å². The molecule has 100 valence electrons. The SMILES string of the molecule is CC(C)(C(=O)O)S(=O)(=O)Cc1c(F)cccc1Cl. The fourth-order valence-electron chi connectivity index (χ4n) is 1.17. The minimum atomic E-state index is -4.08. The van der Waals surface area contributed by atoms with Gasteiger partial charge in [-0.15, -0.1) is 0 Å². The molecule has 18 heavy (non-hydrogen) atoms. The van der Waals surface area contributed by atoms with Crippen molar-refractivity contribution in [3.8, 4) is 0 Å². The highest BCUT2D eigenvalue weighted by atomic mass is 35.5. The molecule has 0 spiro atoms. The van der Waals surface area contributed by atoms with Gasteiger partial charge in [-0.1, -0.05) is 17.7 Å². The molecule has 0 bridgehead atoms. The summed E-state index contributed by atoms with van der Waals surface area (Å²) in [7, 11) is -4.08. The fraction of sp³-hybridized carbons (Fsp3) is 0.364. The molecule has 0 saturated heterocycles. The van der Waals surface area contributed by atoms with Crippen LogP contribution in [0.5, 0.6) is 0 Å². The summed E-state index contributed by atoms with van der Waals surface area (Å²) in [4.78, 5) is 10.9. The van der Waals surface area contributed by atoms with Crippen LogP contribution >= 0.6 is 11.6 Å². The Bertz CT molecular complexity index is 560. The number of hydrogen-bond acceptors (Lipinski definition) is 3. The van der Waals surface area contributed by atoms with E-state index in [1.54, 1.807) is 0 Å². The first kappa shape index (κ1) is 14.9. The average Bonchev–Trinajstić information content (AvgIpc) is 2.23. The number of carboxylic acid groups (broad SMARTS) is 1. The van der Waals surface area contributed by atoms with Crippen LogP contribution < -0.4 is 0 Å². The van der Waals surface area contributed by atoms with Gasteiger partial charge in [0.25, 0.3) is 0 Å². The molecule has 1 rings (SSSR count). The van der Waals surface area contributed by atoms with Crippen LogP contribution in [0.15, 0.2) is 18.2 Å². The first-order valence-corrected chi connectivity index (χ1v) is 7.01. The molecule has 4 nitrogen and oxygen atoms in total. The molecule has 0 amide bonds. The molecule has 0 fully saturated rings. The maximum absolute atomic E-state index is 13.5. The first-order valence-electron chi connectivity index (χ1n) is 4.98. The number of carbonyl (C=O) groups is 1. The summed E-state index contributed by atoms with van der Waals surface area (Å²) in [5.74, 6) is -3.01. The summed E-state index contributed by atoms with van der Waals surface area (Å²) in [6.45, 7) is 2.11. The number of sulfone groups is 1. The topological polar surface area (TPSA) is 71.4 Å². The van der Waals surface area contributed by atoms with E-state index in [0.29, 0.717) is 0 Å². The van der Waals surface area contributed by atoms with Gasteiger partial charge in [0.1, 0.15) is 5.82 Å². The van der Waals surface area contributed by atoms with E-state index < -0.39 is 32.1 Å². The van der Waals surface area contributed by atoms with Gasteiger partial charge in [-0.2, -0.15) is 0 Å². The Labute approximate surface area is 109 Å². The van der Waals surface area contributed by atoms with E-state index in [0.717, 1.165) is 19.9 Å². The molecule has 0 radical (unpaired) electrons. The lowest BCUT2D eigenvalue weighted by molar-refractivity contribution is -0.139. The fourth-order valence-corrected chi connectivity index (χ4v) is 2.78. The van der Waals surface area contributed by atoms with Crippen LogP contribution in [0.1, 0.15) is 19.4 Å². The summed E-state index contributed by atoms with van der Waals surface area (Å²) < 4.78 is 35.4. The van der Waals surface area contributed by atoms with Crippen LogP contribution in [0.25, 0.3) is 0 Å². The second-order valence-corrected chi connectivity index (χ2v) is 7.22. The van der Waals surface area contributed by atoms with Crippen molar-refractivity contribution in [1.29, 1.82) is 0 Å². The third-order valence-corrected chi connectivity index (χ3v) is 5.44. The molecule has 7 heteroatoms. The summed E-state index contributed by atoms with van der Waals surface area (Å²) in [5, 5.41) is 8.85. The molecule has 0 aliphatic heterocycles. The van der Waals surface area contributed by atoms with Crippen LogP contribution in [0.2, 0.25) is 5.02 Å². The van der Waals surface area contributed by atoms with Crippen molar-refractivity contribution >= 4 is 27.4 Å². The highest BCUT2D eigenvalue weighted by molar-refractivity contribution is 7.92.